The average Bonchev–Trinajstić information content (AvgIpc) is 2.43. The van der Waals surface area contributed by atoms with Crippen LogP contribution in [0.2, 0.25) is 0 Å². The first-order valence-electron chi connectivity index (χ1n) is 5.66. The first-order chi connectivity index (χ1) is 9.63. The highest BCUT2D eigenvalue weighted by atomic mass is 79.9. The van der Waals surface area contributed by atoms with Crippen LogP contribution in [-0.2, 0) is 0 Å². The topological polar surface area (TPSA) is 35.0 Å². The number of ether oxygens (including phenoxy) is 1. The smallest absolute Gasteiger partial charge is 0.156 e. The molecule has 6 heteroatoms. The van der Waals surface area contributed by atoms with Crippen LogP contribution < -0.4 is 4.74 Å². The molecule has 0 spiro atoms. The average molecular weight is 398 g/mol. The van der Waals surface area contributed by atoms with Crippen molar-refractivity contribution >= 4 is 42.9 Å². The van der Waals surface area contributed by atoms with Gasteiger partial charge in [0.15, 0.2) is 5.75 Å². The molecule has 3 rings (SSSR count). The standard InChI is InChI=1S/C14H7Br2FN2O/c15-8-5-11-14(19-7-8)12(3-4-18-11)20-13-6-9(17)1-2-10(13)16/h1-7H. The number of halogens is 3. The van der Waals surface area contributed by atoms with E-state index in [4.69, 9.17) is 4.74 Å². The first-order valence-corrected chi connectivity index (χ1v) is 7.25. The van der Waals surface area contributed by atoms with E-state index in [2.05, 4.69) is 41.8 Å². The zero-order chi connectivity index (χ0) is 14.1. The van der Waals surface area contributed by atoms with Crippen LogP contribution in [0.5, 0.6) is 11.5 Å². The molecule has 0 unspecified atom stereocenters. The Labute approximate surface area is 131 Å². The fraction of sp³-hybridized carbons (Fsp3) is 0. The monoisotopic (exact) mass is 396 g/mol. The highest BCUT2D eigenvalue weighted by Gasteiger charge is 2.09. The van der Waals surface area contributed by atoms with Gasteiger partial charge in [-0.2, -0.15) is 0 Å². The summed E-state index contributed by atoms with van der Waals surface area (Å²) >= 11 is 6.67. The van der Waals surface area contributed by atoms with Gasteiger partial charge in [0.2, 0.25) is 0 Å². The van der Waals surface area contributed by atoms with E-state index in [1.54, 1.807) is 24.5 Å². The Morgan fingerprint density at radius 1 is 1.00 bits per heavy atom. The molecule has 20 heavy (non-hydrogen) atoms. The summed E-state index contributed by atoms with van der Waals surface area (Å²) in [5, 5.41) is 0. The molecule has 0 atom stereocenters. The van der Waals surface area contributed by atoms with Crippen LogP contribution in [0.4, 0.5) is 4.39 Å². The van der Waals surface area contributed by atoms with Crippen molar-refractivity contribution < 1.29 is 9.13 Å². The highest BCUT2D eigenvalue weighted by Crippen LogP contribution is 2.33. The van der Waals surface area contributed by atoms with Gasteiger partial charge in [-0.05, 0) is 50.1 Å². The summed E-state index contributed by atoms with van der Waals surface area (Å²) in [6.07, 6.45) is 3.29. The van der Waals surface area contributed by atoms with Crippen molar-refractivity contribution in [2.24, 2.45) is 0 Å². The molecule has 1 aromatic carbocycles. The highest BCUT2D eigenvalue weighted by molar-refractivity contribution is 9.10. The predicted molar refractivity (Wildman–Crippen MR) is 81.4 cm³/mol. The van der Waals surface area contributed by atoms with Crippen molar-refractivity contribution in [3.8, 4) is 11.5 Å². The number of hydrogen-bond acceptors (Lipinski definition) is 3. The molecule has 0 saturated heterocycles. The Morgan fingerprint density at radius 2 is 1.85 bits per heavy atom. The van der Waals surface area contributed by atoms with Crippen LogP contribution in [0.15, 0.2) is 51.7 Å². The molecule has 2 heterocycles. The Balaban J connectivity index is 2.09. The van der Waals surface area contributed by atoms with Crippen LogP contribution in [0.3, 0.4) is 0 Å². The molecule has 0 radical (unpaired) electrons. The number of hydrogen-bond donors (Lipinski definition) is 0. The first kappa shape index (κ1) is 13.5. The maximum atomic E-state index is 13.3. The van der Waals surface area contributed by atoms with Gasteiger partial charge in [0.1, 0.15) is 17.1 Å². The quantitative estimate of drug-likeness (QED) is 0.604. The lowest BCUT2D eigenvalue weighted by atomic mass is 10.3. The minimum absolute atomic E-state index is 0.364. The zero-order valence-corrected chi connectivity index (χ0v) is 13.2. The maximum absolute atomic E-state index is 13.3. The minimum Gasteiger partial charge on any atom is -0.454 e. The van der Waals surface area contributed by atoms with E-state index >= 15 is 0 Å². The minimum atomic E-state index is -0.364. The fourth-order valence-corrected chi connectivity index (χ4v) is 2.38. The van der Waals surface area contributed by atoms with Gasteiger partial charge >= 0.3 is 0 Å². The second kappa shape index (κ2) is 5.46. The molecule has 0 N–H and O–H groups in total. The Kier molecular flexibility index (Phi) is 3.67. The molecule has 0 saturated carbocycles. The molecule has 2 aromatic heterocycles. The lowest BCUT2D eigenvalue weighted by Crippen LogP contribution is -1.91. The lowest BCUT2D eigenvalue weighted by molar-refractivity contribution is 0.477. The third kappa shape index (κ3) is 2.66. The van der Waals surface area contributed by atoms with Gasteiger partial charge in [0.25, 0.3) is 0 Å². The third-order valence-electron chi connectivity index (χ3n) is 2.62. The zero-order valence-electron chi connectivity index (χ0n) is 9.98. The van der Waals surface area contributed by atoms with Crippen LogP contribution in [0.1, 0.15) is 0 Å². The van der Waals surface area contributed by atoms with E-state index in [9.17, 15) is 4.39 Å². The number of fused-ring (bicyclic) bond motifs is 1. The molecule has 100 valence electrons. The van der Waals surface area contributed by atoms with E-state index < -0.39 is 0 Å². The molecular weight excluding hydrogens is 391 g/mol. The van der Waals surface area contributed by atoms with Crippen LogP contribution in [0.25, 0.3) is 11.0 Å². The SMILES string of the molecule is Fc1ccc(Br)c(Oc2ccnc3cc(Br)cnc23)c1. The number of nitrogens with zero attached hydrogens (tertiary/aromatic N) is 2. The van der Waals surface area contributed by atoms with E-state index in [0.29, 0.717) is 27.0 Å². The van der Waals surface area contributed by atoms with E-state index in [1.165, 1.54) is 12.1 Å². The largest absolute Gasteiger partial charge is 0.454 e. The maximum Gasteiger partial charge on any atom is 0.156 e. The number of benzene rings is 1. The molecule has 0 aliphatic carbocycles. The summed E-state index contributed by atoms with van der Waals surface area (Å²) < 4.78 is 20.5. The van der Waals surface area contributed by atoms with E-state index in [0.717, 1.165) is 4.47 Å². The summed E-state index contributed by atoms with van der Waals surface area (Å²) in [6, 6.07) is 7.81. The molecule has 0 bridgehead atoms. The Bertz CT molecular complexity index is 795. The van der Waals surface area contributed by atoms with Crippen molar-refractivity contribution in [3.63, 3.8) is 0 Å². The third-order valence-corrected chi connectivity index (χ3v) is 3.71. The second-order valence-electron chi connectivity index (χ2n) is 4.01. The van der Waals surface area contributed by atoms with Crippen LogP contribution in [-0.4, -0.2) is 9.97 Å². The summed E-state index contributed by atoms with van der Waals surface area (Å²) in [6.45, 7) is 0. The van der Waals surface area contributed by atoms with Gasteiger partial charge in [0.05, 0.1) is 9.99 Å². The lowest BCUT2D eigenvalue weighted by Gasteiger charge is -2.09. The van der Waals surface area contributed by atoms with E-state index in [-0.39, 0.29) is 5.82 Å². The molecular formula is C14H7Br2FN2O. The molecule has 3 aromatic rings. The molecule has 0 aliphatic heterocycles. The normalized spacial score (nSPS) is 10.8. The molecule has 0 fully saturated rings. The number of aromatic nitrogens is 2. The van der Waals surface area contributed by atoms with Crippen molar-refractivity contribution in [2.45, 2.75) is 0 Å². The van der Waals surface area contributed by atoms with Crippen molar-refractivity contribution in [2.75, 3.05) is 0 Å². The molecule has 0 aliphatic rings. The van der Waals surface area contributed by atoms with Gasteiger partial charge < -0.3 is 4.74 Å². The Morgan fingerprint density at radius 3 is 2.70 bits per heavy atom. The van der Waals surface area contributed by atoms with Gasteiger partial charge in [-0.25, -0.2) is 9.37 Å². The van der Waals surface area contributed by atoms with E-state index in [1.807, 2.05) is 6.07 Å². The van der Waals surface area contributed by atoms with Crippen LogP contribution >= 0.6 is 31.9 Å². The fourth-order valence-electron chi connectivity index (χ4n) is 1.74. The van der Waals surface area contributed by atoms with Gasteiger partial charge in [0, 0.05) is 29.0 Å². The second-order valence-corrected chi connectivity index (χ2v) is 5.78. The van der Waals surface area contributed by atoms with Crippen LogP contribution in [0, 0.1) is 5.82 Å². The number of rotatable bonds is 2. The van der Waals surface area contributed by atoms with Gasteiger partial charge in [-0.3, -0.25) is 4.98 Å². The van der Waals surface area contributed by atoms with Gasteiger partial charge in [-0.1, -0.05) is 0 Å². The van der Waals surface area contributed by atoms with Gasteiger partial charge in [-0.15, -0.1) is 0 Å². The van der Waals surface area contributed by atoms with Crippen molar-refractivity contribution in [1.82, 2.24) is 9.97 Å². The van der Waals surface area contributed by atoms with Crippen molar-refractivity contribution in [3.05, 3.63) is 57.5 Å². The molecule has 3 nitrogen and oxygen atoms in total. The summed E-state index contributed by atoms with van der Waals surface area (Å²) in [5.74, 6) is 0.549. The number of pyridine rings is 2. The summed E-state index contributed by atoms with van der Waals surface area (Å²) in [5.41, 5.74) is 1.32. The Hall–Kier alpha value is -1.53. The summed E-state index contributed by atoms with van der Waals surface area (Å²) in [7, 11) is 0. The predicted octanol–water partition coefficient (Wildman–Crippen LogP) is 5.09. The molecule has 0 amide bonds. The van der Waals surface area contributed by atoms with Crippen molar-refractivity contribution in [1.29, 1.82) is 0 Å². The summed E-state index contributed by atoms with van der Waals surface area (Å²) in [4.78, 5) is 8.51.